The second-order valence-electron chi connectivity index (χ2n) is 3.63. The Balaban J connectivity index is 0.000000408. The highest BCUT2D eigenvalue weighted by molar-refractivity contribution is 7.17. The van der Waals surface area contributed by atoms with Gasteiger partial charge in [-0.15, -0.1) is 11.3 Å². The minimum Gasteiger partial charge on any atom is -0.378 e. The van der Waals surface area contributed by atoms with Crippen molar-refractivity contribution in [2.24, 2.45) is 0 Å². The van der Waals surface area contributed by atoms with Crippen LogP contribution in [0.1, 0.15) is 0 Å². The van der Waals surface area contributed by atoms with Crippen molar-refractivity contribution >= 4 is 45.1 Å². The van der Waals surface area contributed by atoms with Crippen molar-refractivity contribution in [2.75, 3.05) is 31.2 Å². The van der Waals surface area contributed by atoms with Crippen molar-refractivity contribution in [3.8, 4) is 0 Å². The maximum absolute atomic E-state index is 8.12. The summed E-state index contributed by atoms with van der Waals surface area (Å²) in [6.45, 7) is 3.21. The Morgan fingerprint density at radius 3 is 2.68 bits per heavy atom. The molecule has 0 bridgehead atoms. The first-order chi connectivity index (χ1) is 9.26. The van der Waals surface area contributed by atoms with Gasteiger partial charge in [-0.05, 0) is 23.0 Å². The molecule has 0 N–H and O–H groups in total. The number of thiophene rings is 1. The van der Waals surface area contributed by atoms with Gasteiger partial charge in [0.25, 0.3) is 0 Å². The fourth-order valence-electron chi connectivity index (χ4n) is 1.81. The molecule has 6 nitrogen and oxygen atoms in total. The molecule has 2 aromatic heterocycles. The number of rotatable bonds is 1. The molecular weight excluding hydrogens is 290 g/mol. The van der Waals surface area contributed by atoms with Crippen molar-refractivity contribution in [1.82, 2.24) is 9.97 Å². The zero-order chi connectivity index (χ0) is 13.7. The van der Waals surface area contributed by atoms with Crippen molar-refractivity contribution in [3.63, 3.8) is 0 Å². The van der Waals surface area contributed by atoms with Gasteiger partial charge < -0.3 is 9.64 Å². The van der Waals surface area contributed by atoms with E-state index in [0.29, 0.717) is 5.28 Å². The van der Waals surface area contributed by atoms with E-state index in [1.165, 1.54) is 0 Å². The quantitative estimate of drug-likeness (QED) is 0.745. The molecular formula is C11H10ClN3O3S. The number of carbonyl (C=O) groups excluding carboxylic acids is 2. The van der Waals surface area contributed by atoms with E-state index in [0.717, 1.165) is 42.3 Å². The van der Waals surface area contributed by atoms with Gasteiger partial charge in [0.15, 0.2) is 5.82 Å². The monoisotopic (exact) mass is 299 g/mol. The number of nitrogens with zero attached hydrogens (tertiary/aromatic N) is 3. The van der Waals surface area contributed by atoms with E-state index < -0.39 is 0 Å². The highest BCUT2D eigenvalue weighted by atomic mass is 35.5. The first-order valence-corrected chi connectivity index (χ1v) is 6.74. The minimum atomic E-state index is 0.250. The molecule has 0 atom stereocenters. The zero-order valence-electron chi connectivity index (χ0n) is 9.84. The van der Waals surface area contributed by atoms with Crippen LogP contribution in [-0.4, -0.2) is 42.4 Å². The normalized spacial score (nSPS) is 14.7. The van der Waals surface area contributed by atoms with Gasteiger partial charge in [-0.25, -0.2) is 4.98 Å². The minimum absolute atomic E-state index is 0.250. The average molecular weight is 300 g/mol. The first kappa shape index (κ1) is 13.9. The van der Waals surface area contributed by atoms with Gasteiger partial charge in [-0.3, -0.25) is 0 Å². The number of morpholine rings is 1. The number of halogens is 1. The average Bonchev–Trinajstić information content (AvgIpc) is 2.87. The van der Waals surface area contributed by atoms with E-state index >= 15 is 0 Å². The summed E-state index contributed by atoms with van der Waals surface area (Å²) >= 11 is 7.57. The van der Waals surface area contributed by atoms with Gasteiger partial charge in [0.1, 0.15) is 0 Å². The second kappa shape index (κ2) is 6.58. The molecule has 2 aromatic rings. The summed E-state index contributed by atoms with van der Waals surface area (Å²) in [5.74, 6) is 0.938. The molecule has 1 saturated heterocycles. The van der Waals surface area contributed by atoms with E-state index in [4.69, 9.17) is 25.9 Å². The Kier molecular flexibility index (Phi) is 4.81. The van der Waals surface area contributed by atoms with Crippen LogP contribution in [0, 0.1) is 0 Å². The number of fused-ring (bicyclic) bond motifs is 1. The van der Waals surface area contributed by atoms with E-state index in [-0.39, 0.29) is 6.15 Å². The predicted molar refractivity (Wildman–Crippen MR) is 70.5 cm³/mol. The zero-order valence-corrected chi connectivity index (χ0v) is 11.4. The molecule has 0 radical (unpaired) electrons. The molecule has 1 aliphatic rings. The van der Waals surface area contributed by atoms with Crippen molar-refractivity contribution in [2.45, 2.75) is 0 Å². The van der Waals surface area contributed by atoms with Crippen molar-refractivity contribution < 1.29 is 14.3 Å². The van der Waals surface area contributed by atoms with Gasteiger partial charge in [-0.1, -0.05) is 0 Å². The predicted octanol–water partition coefficient (Wildman–Crippen LogP) is 1.60. The van der Waals surface area contributed by atoms with Gasteiger partial charge in [0, 0.05) is 13.1 Å². The summed E-state index contributed by atoms with van der Waals surface area (Å²) in [6, 6.07) is 1.97. The van der Waals surface area contributed by atoms with Crippen LogP contribution < -0.4 is 4.90 Å². The second-order valence-corrected chi connectivity index (χ2v) is 4.89. The summed E-state index contributed by atoms with van der Waals surface area (Å²) in [4.78, 5) is 27.0. The number of aromatic nitrogens is 2. The van der Waals surface area contributed by atoms with Gasteiger partial charge in [-0.2, -0.15) is 14.6 Å². The molecule has 100 valence electrons. The third kappa shape index (κ3) is 3.27. The van der Waals surface area contributed by atoms with E-state index in [1.807, 2.05) is 11.4 Å². The van der Waals surface area contributed by atoms with Gasteiger partial charge >= 0.3 is 6.15 Å². The van der Waals surface area contributed by atoms with Crippen LogP contribution in [0.5, 0.6) is 0 Å². The van der Waals surface area contributed by atoms with E-state index in [9.17, 15) is 0 Å². The Hall–Kier alpha value is -1.53. The standard InChI is InChI=1S/C10H10ClN3OS.CO2/c11-10-12-7-1-6-16-8(7)9(13-10)14-2-4-15-5-3-14;2-1-3/h1,6H,2-5H2;. The molecule has 8 heteroatoms. The number of ether oxygens (including phenoxy) is 1. The molecule has 0 unspecified atom stereocenters. The lowest BCUT2D eigenvalue weighted by Gasteiger charge is -2.28. The van der Waals surface area contributed by atoms with Crippen LogP contribution in [0.2, 0.25) is 5.28 Å². The molecule has 1 fully saturated rings. The van der Waals surface area contributed by atoms with Crippen LogP contribution in [-0.2, 0) is 14.3 Å². The Bertz CT molecular complexity index is 592. The van der Waals surface area contributed by atoms with Crippen LogP contribution in [0.3, 0.4) is 0 Å². The number of anilines is 1. The number of hydrogen-bond donors (Lipinski definition) is 0. The summed E-state index contributed by atoms with van der Waals surface area (Å²) in [5, 5.41) is 2.33. The maximum atomic E-state index is 8.12. The van der Waals surface area contributed by atoms with Crippen molar-refractivity contribution in [1.29, 1.82) is 0 Å². The molecule has 0 spiro atoms. The van der Waals surface area contributed by atoms with Gasteiger partial charge in [0.05, 0.1) is 23.4 Å². The summed E-state index contributed by atoms with van der Waals surface area (Å²) in [5.41, 5.74) is 0.923. The summed E-state index contributed by atoms with van der Waals surface area (Å²) < 4.78 is 6.43. The molecule has 0 saturated carbocycles. The lowest BCUT2D eigenvalue weighted by molar-refractivity contribution is -0.191. The molecule has 1 aliphatic heterocycles. The maximum Gasteiger partial charge on any atom is 0.373 e. The van der Waals surface area contributed by atoms with Crippen molar-refractivity contribution in [3.05, 3.63) is 16.7 Å². The van der Waals surface area contributed by atoms with E-state index in [1.54, 1.807) is 11.3 Å². The van der Waals surface area contributed by atoms with Crippen LogP contribution in [0.25, 0.3) is 10.2 Å². The molecule has 19 heavy (non-hydrogen) atoms. The third-order valence-corrected chi connectivity index (χ3v) is 3.64. The molecule has 3 heterocycles. The molecule has 3 rings (SSSR count). The fraction of sp³-hybridized carbons (Fsp3) is 0.364. The summed E-state index contributed by atoms with van der Waals surface area (Å²) in [7, 11) is 0. The smallest absolute Gasteiger partial charge is 0.373 e. The summed E-state index contributed by atoms with van der Waals surface area (Å²) in [6.07, 6.45) is 0.250. The van der Waals surface area contributed by atoms with Crippen LogP contribution in [0.15, 0.2) is 11.4 Å². The highest BCUT2D eigenvalue weighted by Gasteiger charge is 2.17. The Labute approximate surface area is 118 Å². The molecule has 0 aromatic carbocycles. The topological polar surface area (TPSA) is 72.4 Å². The fourth-order valence-corrected chi connectivity index (χ4v) is 2.83. The first-order valence-electron chi connectivity index (χ1n) is 5.49. The number of hydrogen-bond acceptors (Lipinski definition) is 7. The lowest BCUT2D eigenvalue weighted by Crippen LogP contribution is -2.36. The Morgan fingerprint density at radius 1 is 1.32 bits per heavy atom. The van der Waals surface area contributed by atoms with Crippen LogP contribution in [0.4, 0.5) is 5.82 Å². The molecule has 0 aliphatic carbocycles. The highest BCUT2D eigenvalue weighted by Crippen LogP contribution is 2.30. The Morgan fingerprint density at radius 2 is 2.00 bits per heavy atom. The third-order valence-electron chi connectivity index (χ3n) is 2.57. The van der Waals surface area contributed by atoms with Gasteiger partial charge in [0.2, 0.25) is 5.28 Å². The largest absolute Gasteiger partial charge is 0.378 e. The van der Waals surface area contributed by atoms with E-state index in [2.05, 4.69) is 14.9 Å². The molecule has 0 amide bonds. The van der Waals surface area contributed by atoms with Crippen LogP contribution >= 0.6 is 22.9 Å². The SMILES string of the molecule is Clc1nc(N2CCOCC2)c2sccc2n1.O=C=O. The lowest BCUT2D eigenvalue weighted by atomic mass is 10.3.